The summed E-state index contributed by atoms with van der Waals surface area (Å²) in [6, 6.07) is 6.32. The number of benzene rings is 1. The van der Waals surface area contributed by atoms with Crippen molar-refractivity contribution < 1.29 is 9.59 Å². The molecule has 0 spiro atoms. The average molecular weight is 357 g/mol. The van der Waals surface area contributed by atoms with Gasteiger partial charge in [-0.05, 0) is 63.0 Å². The van der Waals surface area contributed by atoms with Crippen LogP contribution in [0.1, 0.15) is 68.3 Å². The Labute approximate surface area is 157 Å². The molecule has 4 nitrogen and oxygen atoms in total. The van der Waals surface area contributed by atoms with Gasteiger partial charge >= 0.3 is 0 Å². The lowest BCUT2D eigenvalue weighted by atomic mass is 9.90. The van der Waals surface area contributed by atoms with Crippen LogP contribution in [-0.2, 0) is 11.2 Å². The first-order valence-electron chi connectivity index (χ1n) is 10.2. The highest BCUT2D eigenvalue weighted by Crippen LogP contribution is 2.29. The number of Topliss-reactive ketones (excluding diaryl/α,β-unsaturated/α-hetero) is 1. The third-order valence-corrected chi connectivity index (χ3v) is 6.09. The second-order valence-electron chi connectivity index (χ2n) is 7.79. The van der Waals surface area contributed by atoms with Gasteiger partial charge in [0.05, 0.1) is 0 Å². The Bertz CT molecular complexity index is 648. The summed E-state index contributed by atoms with van der Waals surface area (Å²) < 4.78 is 0. The fourth-order valence-corrected chi connectivity index (χ4v) is 4.33. The van der Waals surface area contributed by atoms with Gasteiger partial charge in [-0.25, -0.2) is 0 Å². The minimum Gasteiger partial charge on any atom is -0.372 e. The molecule has 0 bridgehead atoms. The molecule has 1 aromatic rings. The van der Waals surface area contributed by atoms with Gasteiger partial charge in [-0.2, -0.15) is 0 Å². The smallest absolute Gasteiger partial charge is 0.219 e. The van der Waals surface area contributed by atoms with Crippen molar-refractivity contribution in [3.8, 4) is 0 Å². The third-order valence-electron chi connectivity index (χ3n) is 6.09. The van der Waals surface area contributed by atoms with Gasteiger partial charge in [0.15, 0.2) is 5.78 Å². The van der Waals surface area contributed by atoms with Crippen LogP contribution in [0.15, 0.2) is 18.2 Å². The van der Waals surface area contributed by atoms with Crippen LogP contribution in [0.5, 0.6) is 0 Å². The van der Waals surface area contributed by atoms with Gasteiger partial charge in [-0.3, -0.25) is 9.59 Å². The average Bonchev–Trinajstić information content (AvgIpc) is 2.87. The van der Waals surface area contributed by atoms with Crippen LogP contribution in [0, 0.1) is 5.92 Å². The van der Waals surface area contributed by atoms with Crippen molar-refractivity contribution in [2.45, 2.75) is 58.8 Å². The number of amides is 1. The number of carbonyl (C=O) groups is 2. The molecule has 1 fully saturated rings. The van der Waals surface area contributed by atoms with Crippen LogP contribution < -0.4 is 4.90 Å². The van der Waals surface area contributed by atoms with Gasteiger partial charge in [0.1, 0.15) is 0 Å². The summed E-state index contributed by atoms with van der Waals surface area (Å²) in [5, 5.41) is 0. The number of likely N-dealkylation sites (tertiary alicyclic amines) is 1. The summed E-state index contributed by atoms with van der Waals surface area (Å²) in [6.07, 6.45) is 7.20. The molecule has 1 amide bonds. The van der Waals surface area contributed by atoms with Crippen LogP contribution >= 0.6 is 0 Å². The van der Waals surface area contributed by atoms with E-state index in [9.17, 15) is 9.59 Å². The van der Waals surface area contributed by atoms with Crippen molar-refractivity contribution in [3.63, 3.8) is 0 Å². The van der Waals surface area contributed by atoms with Crippen molar-refractivity contribution in [2.75, 3.05) is 31.1 Å². The van der Waals surface area contributed by atoms with Gasteiger partial charge in [-0.1, -0.05) is 12.1 Å². The molecule has 0 saturated carbocycles. The number of carbonyl (C=O) groups excluding carboxylic acids is 2. The molecule has 1 saturated heterocycles. The predicted molar refractivity (Wildman–Crippen MR) is 106 cm³/mol. The first-order chi connectivity index (χ1) is 12.6. The van der Waals surface area contributed by atoms with E-state index < -0.39 is 0 Å². The lowest BCUT2D eigenvalue weighted by molar-refractivity contribution is -0.130. The van der Waals surface area contributed by atoms with E-state index in [1.807, 2.05) is 11.0 Å². The summed E-state index contributed by atoms with van der Waals surface area (Å²) in [7, 11) is 0. The molecule has 0 radical (unpaired) electrons. The Morgan fingerprint density at radius 1 is 1.12 bits per heavy atom. The summed E-state index contributed by atoms with van der Waals surface area (Å²) >= 11 is 0. The van der Waals surface area contributed by atoms with Crippen molar-refractivity contribution >= 4 is 17.4 Å². The SMILES string of the molecule is CCN1CCCCc2ccc(C(=O)CCC3CCN(C(C)=O)CC3)cc21. The molecule has 2 heterocycles. The molecule has 142 valence electrons. The molecule has 0 unspecified atom stereocenters. The van der Waals surface area contributed by atoms with Crippen molar-refractivity contribution in [3.05, 3.63) is 29.3 Å². The number of anilines is 1. The Morgan fingerprint density at radius 3 is 2.58 bits per heavy atom. The number of nitrogens with zero attached hydrogens (tertiary/aromatic N) is 2. The van der Waals surface area contributed by atoms with E-state index in [4.69, 9.17) is 0 Å². The van der Waals surface area contributed by atoms with Gasteiger partial charge in [0.2, 0.25) is 5.91 Å². The first kappa shape index (κ1) is 18.9. The highest BCUT2D eigenvalue weighted by molar-refractivity contribution is 5.97. The van der Waals surface area contributed by atoms with Crippen molar-refractivity contribution in [1.82, 2.24) is 4.90 Å². The van der Waals surface area contributed by atoms with Gasteiger partial charge < -0.3 is 9.80 Å². The quantitative estimate of drug-likeness (QED) is 0.747. The van der Waals surface area contributed by atoms with E-state index in [1.54, 1.807) is 6.92 Å². The van der Waals surface area contributed by atoms with Crippen molar-refractivity contribution in [2.24, 2.45) is 5.92 Å². The standard InChI is InChI=1S/C22H32N2O2/c1-3-23-13-5-4-6-19-8-9-20(16-21(19)23)22(26)10-7-18-11-14-24(15-12-18)17(2)25/h8-9,16,18H,3-7,10-15H2,1-2H3. The second-order valence-corrected chi connectivity index (χ2v) is 7.79. The summed E-state index contributed by atoms with van der Waals surface area (Å²) in [4.78, 5) is 28.5. The van der Waals surface area contributed by atoms with Crippen LogP contribution in [-0.4, -0.2) is 42.8 Å². The molecule has 2 aliphatic rings. The van der Waals surface area contributed by atoms with Gasteiger partial charge in [0.25, 0.3) is 0 Å². The summed E-state index contributed by atoms with van der Waals surface area (Å²) in [6.45, 7) is 7.62. The zero-order valence-electron chi connectivity index (χ0n) is 16.3. The molecular weight excluding hydrogens is 324 g/mol. The van der Waals surface area contributed by atoms with E-state index in [0.29, 0.717) is 12.3 Å². The molecule has 0 atom stereocenters. The second kappa shape index (κ2) is 8.70. The summed E-state index contributed by atoms with van der Waals surface area (Å²) in [5.41, 5.74) is 3.52. The van der Waals surface area contributed by atoms with Crippen LogP contribution in [0.3, 0.4) is 0 Å². The van der Waals surface area contributed by atoms with E-state index >= 15 is 0 Å². The number of aryl methyl sites for hydroxylation is 1. The van der Waals surface area contributed by atoms with E-state index in [1.165, 1.54) is 24.1 Å². The topological polar surface area (TPSA) is 40.6 Å². The van der Waals surface area contributed by atoms with Gasteiger partial charge in [-0.15, -0.1) is 0 Å². The summed E-state index contributed by atoms with van der Waals surface area (Å²) in [5.74, 6) is 1.01. The van der Waals surface area contributed by atoms with Crippen molar-refractivity contribution in [1.29, 1.82) is 0 Å². The van der Waals surface area contributed by atoms with Gasteiger partial charge in [0, 0.05) is 50.8 Å². The highest BCUT2D eigenvalue weighted by atomic mass is 16.2. The zero-order chi connectivity index (χ0) is 18.5. The molecule has 3 rings (SSSR count). The Morgan fingerprint density at radius 2 is 1.88 bits per heavy atom. The van der Waals surface area contributed by atoms with E-state index in [-0.39, 0.29) is 11.7 Å². The minimum atomic E-state index is 0.171. The Balaban J connectivity index is 1.58. The largest absolute Gasteiger partial charge is 0.372 e. The number of hydrogen-bond donors (Lipinski definition) is 0. The third kappa shape index (κ3) is 4.46. The number of piperidine rings is 1. The van der Waals surface area contributed by atoms with Crippen LogP contribution in [0.2, 0.25) is 0 Å². The monoisotopic (exact) mass is 356 g/mol. The number of rotatable bonds is 5. The number of hydrogen-bond acceptors (Lipinski definition) is 3. The normalized spacial score (nSPS) is 18.4. The van der Waals surface area contributed by atoms with E-state index in [0.717, 1.165) is 57.4 Å². The molecule has 2 aliphatic heterocycles. The molecule has 0 aliphatic carbocycles. The predicted octanol–water partition coefficient (Wildman–Crippen LogP) is 4.07. The zero-order valence-corrected chi connectivity index (χ0v) is 16.3. The lowest BCUT2D eigenvalue weighted by Gasteiger charge is -2.31. The fraction of sp³-hybridized carbons (Fsp3) is 0.636. The number of fused-ring (bicyclic) bond motifs is 1. The number of ketones is 1. The first-order valence-corrected chi connectivity index (χ1v) is 10.2. The Kier molecular flexibility index (Phi) is 6.33. The molecule has 1 aromatic carbocycles. The minimum absolute atomic E-state index is 0.171. The Hall–Kier alpha value is -1.84. The fourth-order valence-electron chi connectivity index (χ4n) is 4.33. The molecule has 4 heteroatoms. The maximum absolute atomic E-state index is 12.7. The maximum Gasteiger partial charge on any atom is 0.219 e. The molecule has 26 heavy (non-hydrogen) atoms. The lowest BCUT2D eigenvalue weighted by Crippen LogP contribution is -2.37. The highest BCUT2D eigenvalue weighted by Gasteiger charge is 2.22. The molecule has 0 N–H and O–H groups in total. The molecule has 0 aromatic heterocycles. The maximum atomic E-state index is 12.7. The van der Waals surface area contributed by atoms with Crippen LogP contribution in [0.4, 0.5) is 5.69 Å². The van der Waals surface area contributed by atoms with Crippen LogP contribution in [0.25, 0.3) is 0 Å². The van der Waals surface area contributed by atoms with E-state index in [2.05, 4.69) is 24.0 Å². The molecular formula is C22H32N2O2.